The molecule has 5 heteroatoms. The molecule has 3 amide bonds. The highest BCUT2D eigenvalue weighted by Crippen LogP contribution is 2.19. The molecular weight excluding hydrogens is 204 g/mol. The molecule has 0 aliphatic carbocycles. The van der Waals surface area contributed by atoms with Crippen LogP contribution in [-0.2, 0) is 4.79 Å². The summed E-state index contributed by atoms with van der Waals surface area (Å²) in [5, 5.41) is 3.87. The Bertz CT molecular complexity index is 388. The Kier molecular flexibility index (Phi) is 2.13. The van der Waals surface area contributed by atoms with E-state index >= 15 is 0 Å². The molecule has 1 aromatic carbocycles. The van der Waals surface area contributed by atoms with Crippen molar-refractivity contribution in [3.05, 3.63) is 29.3 Å². The van der Waals surface area contributed by atoms with E-state index in [1.807, 2.05) is 0 Å². The van der Waals surface area contributed by atoms with Crippen molar-refractivity contribution >= 4 is 29.2 Å². The van der Waals surface area contributed by atoms with Crippen molar-refractivity contribution in [3.63, 3.8) is 0 Å². The van der Waals surface area contributed by atoms with Crippen LogP contribution in [0.4, 0.5) is 10.5 Å². The summed E-state index contributed by atoms with van der Waals surface area (Å²) in [7, 11) is 0. The predicted octanol–water partition coefficient (Wildman–Crippen LogP) is 1.41. The number of rotatable bonds is 1. The van der Waals surface area contributed by atoms with E-state index in [2.05, 4.69) is 5.32 Å². The van der Waals surface area contributed by atoms with Crippen LogP contribution in [0.15, 0.2) is 24.3 Å². The molecular formula is C9H6ClN2O2. The van der Waals surface area contributed by atoms with Crippen molar-refractivity contribution in [2.75, 3.05) is 11.4 Å². The fourth-order valence-electron chi connectivity index (χ4n) is 1.23. The van der Waals surface area contributed by atoms with Gasteiger partial charge in [0.2, 0.25) is 0 Å². The SMILES string of the molecule is O=C1CN(c2ccc(Cl)cc2)C(=O)[N]1. The van der Waals surface area contributed by atoms with Gasteiger partial charge < -0.3 is 0 Å². The molecule has 0 spiro atoms. The third-order valence-corrected chi connectivity index (χ3v) is 2.13. The van der Waals surface area contributed by atoms with Gasteiger partial charge in [0.1, 0.15) is 6.54 Å². The number of benzene rings is 1. The van der Waals surface area contributed by atoms with E-state index in [4.69, 9.17) is 11.6 Å². The van der Waals surface area contributed by atoms with Crippen molar-refractivity contribution in [1.29, 1.82) is 0 Å². The smallest absolute Gasteiger partial charge is 0.283 e. The Labute approximate surface area is 85.5 Å². The summed E-state index contributed by atoms with van der Waals surface area (Å²) in [6.45, 7) is 0.0144. The van der Waals surface area contributed by atoms with Gasteiger partial charge in [-0.2, -0.15) is 5.32 Å². The van der Waals surface area contributed by atoms with Gasteiger partial charge in [-0.3, -0.25) is 9.69 Å². The van der Waals surface area contributed by atoms with Crippen LogP contribution >= 0.6 is 11.6 Å². The topological polar surface area (TPSA) is 51.5 Å². The van der Waals surface area contributed by atoms with E-state index in [1.54, 1.807) is 24.3 Å². The van der Waals surface area contributed by atoms with E-state index in [9.17, 15) is 9.59 Å². The Hall–Kier alpha value is -1.55. The van der Waals surface area contributed by atoms with E-state index in [1.165, 1.54) is 4.90 Å². The number of amides is 3. The first-order valence-electron chi connectivity index (χ1n) is 3.98. The highest BCUT2D eigenvalue weighted by atomic mass is 35.5. The van der Waals surface area contributed by atoms with Crippen LogP contribution in [0.3, 0.4) is 0 Å². The van der Waals surface area contributed by atoms with Crippen molar-refractivity contribution in [3.8, 4) is 0 Å². The number of imide groups is 1. The lowest BCUT2D eigenvalue weighted by molar-refractivity contribution is -0.117. The van der Waals surface area contributed by atoms with Crippen LogP contribution in [0.2, 0.25) is 5.02 Å². The monoisotopic (exact) mass is 209 g/mol. The average molecular weight is 210 g/mol. The Balaban J connectivity index is 2.27. The van der Waals surface area contributed by atoms with Gasteiger partial charge in [0, 0.05) is 10.7 Å². The molecule has 1 fully saturated rings. The first-order chi connectivity index (χ1) is 6.66. The van der Waals surface area contributed by atoms with Crippen LogP contribution in [0.1, 0.15) is 0 Å². The lowest BCUT2D eigenvalue weighted by Crippen LogP contribution is -2.24. The van der Waals surface area contributed by atoms with Gasteiger partial charge in [-0.25, -0.2) is 4.79 Å². The van der Waals surface area contributed by atoms with Gasteiger partial charge in [-0.15, -0.1) is 0 Å². The van der Waals surface area contributed by atoms with Crippen molar-refractivity contribution in [2.45, 2.75) is 0 Å². The molecule has 1 heterocycles. The Morgan fingerprint density at radius 3 is 2.36 bits per heavy atom. The molecule has 1 radical (unpaired) electrons. The number of anilines is 1. The lowest BCUT2D eigenvalue weighted by Gasteiger charge is -2.11. The average Bonchev–Trinajstić information content (AvgIpc) is 2.47. The zero-order valence-corrected chi connectivity index (χ0v) is 7.86. The Morgan fingerprint density at radius 1 is 1.21 bits per heavy atom. The molecule has 1 saturated heterocycles. The zero-order valence-electron chi connectivity index (χ0n) is 7.11. The van der Waals surface area contributed by atoms with Crippen LogP contribution in [0, 0.1) is 0 Å². The van der Waals surface area contributed by atoms with Gasteiger partial charge >= 0.3 is 6.03 Å². The van der Waals surface area contributed by atoms with E-state index in [-0.39, 0.29) is 6.54 Å². The molecule has 0 unspecified atom stereocenters. The molecule has 0 N–H and O–H groups in total. The lowest BCUT2D eigenvalue weighted by atomic mass is 10.3. The molecule has 0 atom stereocenters. The predicted molar refractivity (Wildman–Crippen MR) is 51.3 cm³/mol. The highest BCUT2D eigenvalue weighted by Gasteiger charge is 2.29. The number of hydrogen-bond donors (Lipinski definition) is 0. The van der Waals surface area contributed by atoms with E-state index in [0.29, 0.717) is 10.7 Å². The van der Waals surface area contributed by atoms with Gasteiger partial charge in [0.05, 0.1) is 0 Å². The van der Waals surface area contributed by atoms with Gasteiger partial charge in [0.15, 0.2) is 0 Å². The molecule has 0 aromatic heterocycles. The van der Waals surface area contributed by atoms with E-state index in [0.717, 1.165) is 0 Å². The summed E-state index contributed by atoms with van der Waals surface area (Å²) in [5.74, 6) is -0.412. The number of urea groups is 1. The maximum Gasteiger partial charge on any atom is 0.351 e. The third kappa shape index (κ3) is 1.56. The van der Waals surface area contributed by atoms with Crippen LogP contribution in [0.5, 0.6) is 0 Å². The molecule has 2 rings (SSSR count). The number of carbonyl (C=O) groups excluding carboxylic acids is 2. The highest BCUT2D eigenvalue weighted by molar-refractivity contribution is 6.30. The molecule has 0 bridgehead atoms. The summed E-state index contributed by atoms with van der Waals surface area (Å²) in [4.78, 5) is 23.3. The van der Waals surface area contributed by atoms with Crippen LogP contribution in [0.25, 0.3) is 0 Å². The minimum Gasteiger partial charge on any atom is -0.283 e. The second-order valence-electron chi connectivity index (χ2n) is 2.85. The first-order valence-corrected chi connectivity index (χ1v) is 4.36. The Morgan fingerprint density at radius 2 is 1.86 bits per heavy atom. The number of halogens is 1. The molecule has 0 saturated carbocycles. The number of nitrogens with zero attached hydrogens (tertiary/aromatic N) is 2. The molecule has 1 aromatic rings. The van der Waals surface area contributed by atoms with Gasteiger partial charge in [-0.05, 0) is 24.3 Å². The second kappa shape index (κ2) is 3.31. The normalized spacial score (nSPS) is 15.9. The summed E-state index contributed by atoms with van der Waals surface area (Å²) >= 11 is 5.69. The van der Waals surface area contributed by atoms with Crippen LogP contribution < -0.4 is 10.2 Å². The largest absolute Gasteiger partial charge is 0.351 e. The van der Waals surface area contributed by atoms with E-state index < -0.39 is 11.9 Å². The third-order valence-electron chi connectivity index (χ3n) is 1.88. The molecule has 1 aliphatic heterocycles. The van der Waals surface area contributed by atoms with Crippen LogP contribution in [-0.4, -0.2) is 18.5 Å². The summed E-state index contributed by atoms with van der Waals surface area (Å²) in [5.41, 5.74) is 0.633. The van der Waals surface area contributed by atoms with Gasteiger partial charge in [0.25, 0.3) is 5.91 Å². The summed E-state index contributed by atoms with van der Waals surface area (Å²) in [6.07, 6.45) is 0. The zero-order chi connectivity index (χ0) is 10.1. The molecule has 4 nitrogen and oxygen atoms in total. The van der Waals surface area contributed by atoms with Gasteiger partial charge in [-0.1, -0.05) is 11.6 Å². The summed E-state index contributed by atoms with van der Waals surface area (Å²) in [6, 6.07) is 6.15. The second-order valence-corrected chi connectivity index (χ2v) is 3.29. The molecule has 14 heavy (non-hydrogen) atoms. The number of hydrogen-bond acceptors (Lipinski definition) is 2. The molecule has 71 valence electrons. The first kappa shape index (κ1) is 9.02. The van der Waals surface area contributed by atoms with Crippen molar-refractivity contribution < 1.29 is 9.59 Å². The minimum absolute atomic E-state index is 0.0144. The standard InChI is InChI=1S/C9H6ClN2O2/c10-6-1-3-7(4-2-6)12-5-8(13)11-9(12)14/h1-4H,5H2. The summed E-state index contributed by atoms with van der Waals surface area (Å²) < 4.78 is 0. The number of carbonyl (C=O) groups is 2. The maximum absolute atomic E-state index is 11.2. The quantitative estimate of drug-likeness (QED) is 0.657. The van der Waals surface area contributed by atoms with Crippen molar-refractivity contribution in [2.24, 2.45) is 0 Å². The minimum atomic E-state index is -0.516. The maximum atomic E-state index is 11.2. The molecule has 1 aliphatic rings. The fourth-order valence-corrected chi connectivity index (χ4v) is 1.35. The van der Waals surface area contributed by atoms with Crippen molar-refractivity contribution in [1.82, 2.24) is 5.32 Å². The fraction of sp³-hybridized carbons (Fsp3) is 0.111.